The van der Waals surface area contributed by atoms with E-state index in [-0.39, 0.29) is 17.5 Å². The molecule has 1 saturated heterocycles. The Labute approximate surface area is 180 Å². The summed E-state index contributed by atoms with van der Waals surface area (Å²) in [5, 5.41) is 3.25. The predicted molar refractivity (Wildman–Crippen MR) is 121 cm³/mol. The molecule has 0 radical (unpaired) electrons. The second-order valence-corrected chi connectivity index (χ2v) is 8.94. The summed E-state index contributed by atoms with van der Waals surface area (Å²) < 4.78 is 5.80. The maximum Gasteiger partial charge on any atom is 0.260 e. The molecule has 1 unspecified atom stereocenters. The number of carbonyl (C=O) groups is 1. The Kier molecular flexibility index (Phi) is 6.73. The molecule has 1 saturated carbocycles. The molecule has 0 aromatic heterocycles. The molecule has 2 fully saturated rings. The van der Waals surface area contributed by atoms with Crippen molar-refractivity contribution < 1.29 is 9.53 Å². The van der Waals surface area contributed by atoms with Gasteiger partial charge in [0.2, 0.25) is 0 Å². The van der Waals surface area contributed by atoms with Gasteiger partial charge in [0.05, 0.1) is 0 Å². The Balaban J connectivity index is 1.35. The van der Waals surface area contributed by atoms with Crippen LogP contribution in [0.25, 0.3) is 0 Å². The molecule has 1 aliphatic carbocycles. The van der Waals surface area contributed by atoms with E-state index in [9.17, 15) is 4.79 Å². The number of para-hydroxylation sites is 1. The van der Waals surface area contributed by atoms with Crippen LogP contribution in [-0.4, -0.2) is 41.6 Å². The van der Waals surface area contributed by atoms with Crippen molar-refractivity contribution in [3.63, 3.8) is 0 Å². The predicted octanol–water partition coefficient (Wildman–Crippen LogP) is 4.59. The van der Waals surface area contributed by atoms with Gasteiger partial charge < -0.3 is 10.1 Å². The van der Waals surface area contributed by atoms with Crippen molar-refractivity contribution in [2.24, 2.45) is 0 Å². The maximum atomic E-state index is 12.7. The second-order valence-electron chi connectivity index (χ2n) is 8.94. The first kappa shape index (κ1) is 20.9. The van der Waals surface area contributed by atoms with Gasteiger partial charge in [-0.1, -0.05) is 48.5 Å². The summed E-state index contributed by atoms with van der Waals surface area (Å²) in [5.74, 6) is 0.722. The van der Waals surface area contributed by atoms with E-state index in [1.54, 1.807) is 0 Å². The monoisotopic (exact) mass is 406 g/mol. The van der Waals surface area contributed by atoms with E-state index in [4.69, 9.17) is 4.74 Å². The van der Waals surface area contributed by atoms with Gasteiger partial charge in [0.15, 0.2) is 6.10 Å². The van der Waals surface area contributed by atoms with Crippen LogP contribution in [0.15, 0.2) is 60.7 Å². The van der Waals surface area contributed by atoms with Crippen molar-refractivity contribution in [1.29, 1.82) is 0 Å². The fourth-order valence-corrected chi connectivity index (χ4v) is 5.15. The van der Waals surface area contributed by atoms with Crippen LogP contribution in [0.2, 0.25) is 0 Å². The number of nitrogens with one attached hydrogen (secondary N) is 1. The number of nitrogens with zero attached hydrogens (tertiary/aromatic N) is 1. The van der Waals surface area contributed by atoms with Gasteiger partial charge in [-0.15, -0.1) is 0 Å². The van der Waals surface area contributed by atoms with Crippen LogP contribution in [0.3, 0.4) is 0 Å². The highest BCUT2D eigenvalue weighted by Crippen LogP contribution is 2.38. The number of carbonyl (C=O) groups excluding carboxylic acids is 1. The molecular formula is C26H34N2O2. The Morgan fingerprint density at radius 1 is 1.03 bits per heavy atom. The maximum absolute atomic E-state index is 12.7. The van der Waals surface area contributed by atoms with E-state index in [0.717, 1.165) is 37.9 Å². The Bertz CT molecular complexity index is 794. The molecule has 160 valence electrons. The average Bonchev–Trinajstić information content (AvgIpc) is 3.32. The van der Waals surface area contributed by atoms with Crippen LogP contribution in [0, 0.1) is 0 Å². The largest absolute Gasteiger partial charge is 0.481 e. The molecule has 4 nitrogen and oxygen atoms in total. The Morgan fingerprint density at radius 3 is 2.27 bits per heavy atom. The highest BCUT2D eigenvalue weighted by atomic mass is 16.5. The third-order valence-corrected chi connectivity index (χ3v) is 6.84. The van der Waals surface area contributed by atoms with Crippen molar-refractivity contribution in [3.8, 4) is 5.75 Å². The highest BCUT2D eigenvalue weighted by Gasteiger charge is 2.41. The summed E-state index contributed by atoms with van der Waals surface area (Å²) in [5.41, 5.74) is 1.67. The van der Waals surface area contributed by atoms with Gasteiger partial charge in [-0.3, -0.25) is 9.69 Å². The molecule has 4 heteroatoms. The molecule has 2 aromatic rings. The third-order valence-electron chi connectivity index (χ3n) is 6.84. The standard InChI is InChI=1S/C26H34N2O2/c1-21(30-24-12-6-3-7-13-24)25(29)27-23-14-16-26(17-15-23,28-18-8-9-19-28)20-22-10-4-2-5-11-22/h2-7,10-13,21,23H,8-9,14-20H2,1H3,(H,27,29). The SMILES string of the molecule is CC(Oc1ccccc1)C(=O)NC1CCC(Cc2ccccc2)(N2CCCC2)CC1. The van der Waals surface area contributed by atoms with Crippen LogP contribution < -0.4 is 10.1 Å². The quantitative estimate of drug-likeness (QED) is 0.731. The van der Waals surface area contributed by atoms with Gasteiger partial charge in [-0.2, -0.15) is 0 Å². The third kappa shape index (κ3) is 5.04. The number of rotatable bonds is 7. The molecule has 2 aliphatic rings. The lowest BCUT2D eigenvalue weighted by Gasteiger charge is -2.47. The van der Waals surface area contributed by atoms with Crippen LogP contribution in [0.1, 0.15) is 51.0 Å². The number of likely N-dealkylation sites (tertiary alicyclic amines) is 1. The van der Waals surface area contributed by atoms with Crippen LogP contribution in [-0.2, 0) is 11.2 Å². The molecule has 30 heavy (non-hydrogen) atoms. The van der Waals surface area contributed by atoms with Crippen LogP contribution >= 0.6 is 0 Å². The first-order chi connectivity index (χ1) is 14.6. The number of benzene rings is 2. The van der Waals surface area contributed by atoms with Crippen molar-refractivity contribution >= 4 is 5.91 Å². The summed E-state index contributed by atoms with van der Waals surface area (Å²) in [6, 6.07) is 20.7. The summed E-state index contributed by atoms with van der Waals surface area (Å²) in [7, 11) is 0. The fraction of sp³-hybridized carbons (Fsp3) is 0.500. The molecule has 4 rings (SSSR count). The molecule has 1 aliphatic heterocycles. The Morgan fingerprint density at radius 2 is 1.63 bits per heavy atom. The Hall–Kier alpha value is -2.33. The lowest BCUT2D eigenvalue weighted by Crippen LogP contribution is -2.54. The van der Waals surface area contributed by atoms with E-state index in [1.807, 2.05) is 37.3 Å². The smallest absolute Gasteiger partial charge is 0.260 e. The van der Waals surface area contributed by atoms with Gasteiger partial charge in [0, 0.05) is 11.6 Å². The number of hydrogen-bond donors (Lipinski definition) is 1. The lowest BCUT2D eigenvalue weighted by molar-refractivity contribution is -0.128. The summed E-state index contributed by atoms with van der Waals surface area (Å²) >= 11 is 0. The minimum atomic E-state index is -0.484. The summed E-state index contributed by atoms with van der Waals surface area (Å²) in [6.45, 7) is 4.26. The van der Waals surface area contributed by atoms with E-state index in [2.05, 4.69) is 40.5 Å². The van der Waals surface area contributed by atoms with Crippen molar-refractivity contribution in [2.75, 3.05) is 13.1 Å². The number of ether oxygens (including phenoxy) is 1. The average molecular weight is 407 g/mol. The van der Waals surface area contributed by atoms with Crippen molar-refractivity contribution in [3.05, 3.63) is 66.2 Å². The minimum absolute atomic E-state index is 0.0133. The minimum Gasteiger partial charge on any atom is -0.481 e. The van der Waals surface area contributed by atoms with Gasteiger partial charge in [-0.05, 0) is 82.7 Å². The zero-order valence-electron chi connectivity index (χ0n) is 18.1. The van der Waals surface area contributed by atoms with Gasteiger partial charge in [0.1, 0.15) is 5.75 Å². The van der Waals surface area contributed by atoms with E-state index in [0.29, 0.717) is 0 Å². The molecule has 2 aromatic carbocycles. The van der Waals surface area contributed by atoms with Crippen molar-refractivity contribution in [1.82, 2.24) is 10.2 Å². The zero-order chi connectivity index (χ0) is 20.8. The molecule has 0 spiro atoms. The summed E-state index contributed by atoms with van der Waals surface area (Å²) in [6.07, 6.45) is 7.60. The first-order valence-electron chi connectivity index (χ1n) is 11.5. The number of hydrogen-bond acceptors (Lipinski definition) is 3. The van der Waals surface area contributed by atoms with Gasteiger partial charge >= 0.3 is 0 Å². The fourth-order valence-electron chi connectivity index (χ4n) is 5.15. The topological polar surface area (TPSA) is 41.6 Å². The molecule has 1 atom stereocenters. The van der Waals surface area contributed by atoms with Crippen LogP contribution in [0.5, 0.6) is 5.75 Å². The van der Waals surface area contributed by atoms with E-state index < -0.39 is 6.10 Å². The van der Waals surface area contributed by atoms with E-state index >= 15 is 0 Å². The van der Waals surface area contributed by atoms with E-state index in [1.165, 1.54) is 31.5 Å². The second kappa shape index (κ2) is 9.65. The highest BCUT2D eigenvalue weighted by molar-refractivity contribution is 5.81. The van der Waals surface area contributed by atoms with Gasteiger partial charge in [0.25, 0.3) is 5.91 Å². The number of amides is 1. The lowest BCUT2D eigenvalue weighted by atomic mass is 9.74. The molecule has 0 bridgehead atoms. The molecule has 1 amide bonds. The normalized spacial score (nSPS) is 25.6. The van der Waals surface area contributed by atoms with Crippen molar-refractivity contribution in [2.45, 2.75) is 69.6 Å². The van der Waals surface area contributed by atoms with Crippen LogP contribution in [0.4, 0.5) is 0 Å². The zero-order valence-corrected chi connectivity index (χ0v) is 18.1. The molecule has 1 heterocycles. The first-order valence-corrected chi connectivity index (χ1v) is 11.5. The molecular weight excluding hydrogens is 372 g/mol. The summed E-state index contributed by atoms with van der Waals surface area (Å²) in [4.78, 5) is 15.4. The van der Waals surface area contributed by atoms with Gasteiger partial charge in [-0.25, -0.2) is 0 Å². The molecule has 1 N–H and O–H groups in total.